The van der Waals surface area contributed by atoms with Crippen LogP contribution in [0.2, 0.25) is 5.02 Å². The Kier molecular flexibility index (Phi) is 3.32. The Morgan fingerprint density at radius 3 is 2.80 bits per heavy atom. The third-order valence-electron chi connectivity index (χ3n) is 2.81. The average molecular weight is 223 g/mol. The van der Waals surface area contributed by atoms with Gasteiger partial charge in [0.1, 0.15) is 5.75 Å². The Morgan fingerprint density at radius 1 is 1.27 bits per heavy atom. The number of halogens is 1. The van der Waals surface area contributed by atoms with Crippen LogP contribution in [-0.2, 0) is 0 Å². The summed E-state index contributed by atoms with van der Waals surface area (Å²) >= 11 is 5.99. The van der Waals surface area contributed by atoms with Crippen molar-refractivity contribution in [2.45, 2.75) is 25.7 Å². The van der Waals surface area contributed by atoms with Gasteiger partial charge in [-0.25, -0.2) is 0 Å². The lowest BCUT2D eigenvalue weighted by Crippen LogP contribution is -1.93. The second-order valence-corrected chi connectivity index (χ2v) is 4.23. The fraction of sp³-hybridized carbons (Fsp3) is 0.385. The first-order valence-corrected chi connectivity index (χ1v) is 5.72. The predicted octanol–water partition coefficient (Wildman–Crippen LogP) is 4.31. The molecule has 0 N–H and O–H groups in total. The molecule has 2 rings (SSSR count). The Bertz CT molecular complexity index is 382. The lowest BCUT2D eigenvalue weighted by Gasteiger charge is -2.14. The van der Waals surface area contributed by atoms with Crippen molar-refractivity contribution < 1.29 is 4.74 Å². The molecule has 0 atom stereocenters. The highest BCUT2D eigenvalue weighted by Gasteiger charge is 2.08. The maximum absolute atomic E-state index is 5.99. The normalized spacial score (nSPS) is 16.0. The smallest absolute Gasteiger partial charge is 0.138 e. The van der Waals surface area contributed by atoms with E-state index < -0.39 is 0 Å². The summed E-state index contributed by atoms with van der Waals surface area (Å²) in [4.78, 5) is 0. The van der Waals surface area contributed by atoms with Crippen LogP contribution in [0.15, 0.2) is 24.3 Å². The maximum Gasteiger partial charge on any atom is 0.138 e. The summed E-state index contributed by atoms with van der Waals surface area (Å²) in [6.07, 6.45) is 7.29. The lowest BCUT2D eigenvalue weighted by atomic mass is 9.94. The van der Waals surface area contributed by atoms with Crippen molar-refractivity contribution in [3.63, 3.8) is 0 Å². The van der Waals surface area contributed by atoms with Gasteiger partial charge in [-0.3, -0.25) is 0 Å². The van der Waals surface area contributed by atoms with Gasteiger partial charge in [-0.2, -0.15) is 0 Å². The molecule has 0 aromatic heterocycles. The molecule has 1 aliphatic rings. The van der Waals surface area contributed by atoms with Crippen molar-refractivity contribution in [2.24, 2.45) is 0 Å². The van der Waals surface area contributed by atoms with E-state index in [1.54, 1.807) is 7.11 Å². The van der Waals surface area contributed by atoms with Crippen molar-refractivity contribution >= 4 is 17.2 Å². The van der Waals surface area contributed by atoms with E-state index in [2.05, 4.69) is 12.1 Å². The standard InChI is InChI=1S/C13H15ClO/c1-15-13-9-11(7-8-12(13)14)10-5-3-2-4-6-10/h5,7-9H,2-4,6H2,1H3. The summed E-state index contributed by atoms with van der Waals surface area (Å²) in [5.41, 5.74) is 2.67. The monoisotopic (exact) mass is 222 g/mol. The summed E-state index contributed by atoms with van der Waals surface area (Å²) in [6.45, 7) is 0. The Balaban J connectivity index is 2.32. The molecule has 0 heterocycles. The third-order valence-corrected chi connectivity index (χ3v) is 3.13. The zero-order valence-corrected chi connectivity index (χ0v) is 9.68. The second-order valence-electron chi connectivity index (χ2n) is 3.82. The molecule has 15 heavy (non-hydrogen) atoms. The van der Waals surface area contributed by atoms with Crippen LogP contribution in [0.1, 0.15) is 31.2 Å². The number of rotatable bonds is 2. The van der Waals surface area contributed by atoms with Gasteiger partial charge in [0.25, 0.3) is 0 Å². The number of ether oxygens (including phenoxy) is 1. The molecule has 1 nitrogen and oxygen atoms in total. The molecular formula is C13H15ClO. The Morgan fingerprint density at radius 2 is 2.13 bits per heavy atom. The van der Waals surface area contributed by atoms with E-state index >= 15 is 0 Å². The largest absolute Gasteiger partial charge is 0.495 e. The van der Waals surface area contributed by atoms with Crippen LogP contribution < -0.4 is 4.74 Å². The first kappa shape index (κ1) is 10.6. The van der Waals surface area contributed by atoms with Crippen molar-refractivity contribution in [2.75, 3.05) is 7.11 Å². The molecule has 0 amide bonds. The van der Waals surface area contributed by atoms with Gasteiger partial charge in [-0.05, 0) is 49.0 Å². The number of hydrogen-bond donors (Lipinski definition) is 0. The zero-order chi connectivity index (χ0) is 10.7. The molecule has 0 bridgehead atoms. The van der Waals surface area contributed by atoms with Gasteiger partial charge in [0.15, 0.2) is 0 Å². The summed E-state index contributed by atoms with van der Waals surface area (Å²) in [5, 5.41) is 0.678. The summed E-state index contributed by atoms with van der Waals surface area (Å²) < 4.78 is 5.22. The van der Waals surface area contributed by atoms with Crippen LogP contribution in [0.5, 0.6) is 5.75 Å². The second kappa shape index (κ2) is 4.71. The SMILES string of the molecule is COc1cc(C2=CCCCC2)ccc1Cl. The van der Waals surface area contributed by atoms with Gasteiger partial charge in [0, 0.05) is 0 Å². The number of allylic oxidation sites excluding steroid dienone is 2. The molecule has 80 valence electrons. The Hall–Kier alpha value is -0.950. The molecule has 0 saturated heterocycles. The average Bonchev–Trinajstić information content (AvgIpc) is 2.31. The maximum atomic E-state index is 5.99. The first-order chi connectivity index (χ1) is 7.31. The van der Waals surface area contributed by atoms with E-state index in [0.717, 1.165) is 5.75 Å². The zero-order valence-electron chi connectivity index (χ0n) is 8.92. The molecule has 1 aliphatic carbocycles. The van der Waals surface area contributed by atoms with E-state index in [-0.39, 0.29) is 0 Å². The van der Waals surface area contributed by atoms with Crippen LogP contribution in [0.25, 0.3) is 5.57 Å². The minimum absolute atomic E-state index is 0.678. The molecule has 0 fully saturated rings. The molecule has 0 radical (unpaired) electrons. The van der Waals surface area contributed by atoms with Gasteiger partial charge in [-0.15, -0.1) is 0 Å². The first-order valence-electron chi connectivity index (χ1n) is 5.34. The van der Waals surface area contributed by atoms with Crippen molar-refractivity contribution in [1.29, 1.82) is 0 Å². The van der Waals surface area contributed by atoms with Gasteiger partial charge in [0.05, 0.1) is 12.1 Å². The predicted molar refractivity (Wildman–Crippen MR) is 64.4 cm³/mol. The highest BCUT2D eigenvalue weighted by Crippen LogP contribution is 2.32. The topological polar surface area (TPSA) is 9.23 Å². The summed E-state index contributed by atoms with van der Waals surface area (Å²) in [5.74, 6) is 0.764. The number of methoxy groups -OCH3 is 1. The molecule has 0 saturated carbocycles. The van der Waals surface area contributed by atoms with Crippen LogP contribution in [0.3, 0.4) is 0 Å². The lowest BCUT2D eigenvalue weighted by molar-refractivity contribution is 0.415. The van der Waals surface area contributed by atoms with E-state index in [9.17, 15) is 0 Å². The number of benzene rings is 1. The summed E-state index contributed by atoms with van der Waals surface area (Å²) in [7, 11) is 1.65. The highest BCUT2D eigenvalue weighted by molar-refractivity contribution is 6.32. The fourth-order valence-corrected chi connectivity index (χ4v) is 2.15. The molecule has 0 unspecified atom stereocenters. The van der Waals surface area contributed by atoms with Gasteiger partial charge >= 0.3 is 0 Å². The van der Waals surface area contributed by atoms with Crippen molar-refractivity contribution in [1.82, 2.24) is 0 Å². The van der Waals surface area contributed by atoms with Crippen molar-refractivity contribution in [3.8, 4) is 5.75 Å². The van der Waals surface area contributed by atoms with Crippen LogP contribution in [-0.4, -0.2) is 7.11 Å². The molecule has 0 spiro atoms. The third kappa shape index (κ3) is 2.35. The number of hydrogen-bond acceptors (Lipinski definition) is 1. The van der Waals surface area contributed by atoms with E-state index in [0.29, 0.717) is 5.02 Å². The molecule has 1 aromatic carbocycles. The molecular weight excluding hydrogens is 208 g/mol. The highest BCUT2D eigenvalue weighted by atomic mass is 35.5. The van der Waals surface area contributed by atoms with Gasteiger partial charge in [-0.1, -0.05) is 23.7 Å². The minimum atomic E-state index is 0.678. The molecule has 2 heteroatoms. The van der Waals surface area contributed by atoms with Gasteiger partial charge < -0.3 is 4.74 Å². The minimum Gasteiger partial charge on any atom is -0.495 e. The Labute approximate surface area is 95.7 Å². The quantitative estimate of drug-likeness (QED) is 0.725. The van der Waals surface area contributed by atoms with E-state index in [1.165, 1.54) is 36.8 Å². The summed E-state index contributed by atoms with van der Waals surface area (Å²) in [6, 6.07) is 6.01. The van der Waals surface area contributed by atoms with Crippen LogP contribution in [0, 0.1) is 0 Å². The molecule has 0 aliphatic heterocycles. The molecule has 1 aromatic rings. The van der Waals surface area contributed by atoms with Gasteiger partial charge in [0.2, 0.25) is 0 Å². The van der Waals surface area contributed by atoms with E-state index in [1.807, 2.05) is 12.1 Å². The van der Waals surface area contributed by atoms with Crippen LogP contribution in [0.4, 0.5) is 0 Å². The van der Waals surface area contributed by atoms with Crippen molar-refractivity contribution in [3.05, 3.63) is 34.9 Å². The fourth-order valence-electron chi connectivity index (χ4n) is 1.96. The van der Waals surface area contributed by atoms with E-state index in [4.69, 9.17) is 16.3 Å². The van der Waals surface area contributed by atoms with Crippen LogP contribution >= 0.6 is 11.6 Å².